The topological polar surface area (TPSA) is 54.4 Å². The molecule has 0 amide bonds. The molecule has 0 fully saturated rings. The van der Waals surface area contributed by atoms with Gasteiger partial charge in [-0.15, -0.1) is 0 Å². The molecule has 0 saturated carbocycles. The molecule has 0 saturated heterocycles. The molecule has 0 heterocycles. The Morgan fingerprint density at radius 1 is 1.86 bits per heavy atom. The van der Waals surface area contributed by atoms with Gasteiger partial charge in [0.1, 0.15) is 0 Å². The van der Waals surface area contributed by atoms with Gasteiger partial charge in [-0.05, 0) is 0 Å². The number of carbonyl (C=O) groups is 1. The molecule has 0 bridgehead atoms. The predicted molar refractivity (Wildman–Crippen MR) is 27.6 cm³/mol. The molecule has 3 nitrogen and oxygen atoms in total. The molecular weight excluding hydrogens is 115 g/mol. The van der Waals surface area contributed by atoms with Crippen molar-refractivity contribution in [3.8, 4) is 0 Å². The maximum Gasteiger partial charge on any atom is 0.358 e. The molecule has 0 radical (unpaired) electrons. The summed E-state index contributed by atoms with van der Waals surface area (Å²) in [5.74, 6) is 0. The van der Waals surface area contributed by atoms with Crippen molar-refractivity contribution < 1.29 is 14.5 Å². The summed E-state index contributed by atoms with van der Waals surface area (Å²) in [5, 5.41) is 7.91. The van der Waals surface area contributed by atoms with Crippen LogP contribution in [0.25, 0.3) is 0 Å². The van der Waals surface area contributed by atoms with Crippen LogP contribution in [-0.4, -0.2) is 17.0 Å². The van der Waals surface area contributed by atoms with Crippen molar-refractivity contribution in [1.82, 2.24) is 0 Å². The van der Waals surface area contributed by atoms with E-state index >= 15 is 0 Å². The molecule has 0 aromatic carbocycles. The van der Waals surface area contributed by atoms with E-state index in [4.69, 9.17) is 5.11 Å². The van der Waals surface area contributed by atoms with Crippen molar-refractivity contribution in [2.45, 2.75) is 6.92 Å². The normalized spacial score (nSPS) is 13.3. The van der Waals surface area contributed by atoms with E-state index < -0.39 is 13.5 Å². The Labute approximate surface area is 42.1 Å². The van der Waals surface area contributed by atoms with Crippen molar-refractivity contribution in [2.75, 3.05) is 6.16 Å². The van der Waals surface area contributed by atoms with Gasteiger partial charge in [0, 0.05) is 6.16 Å². The fourth-order valence-electron chi connectivity index (χ4n) is 0.151. The number of rotatable bonds is 2. The van der Waals surface area contributed by atoms with Crippen LogP contribution in [0.2, 0.25) is 0 Å². The second-order valence-electron chi connectivity index (χ2n) is 1.08. The Morgan fingerprint density at radius 2 is 2.29 bits per heavy atom. The van der Waals surface area contributed by atoms with Crippen LogP contribution in [0, 0.1) is 0 Å². The maximum atomic E-state index is 10.1. The van der Waals surface area contributed by atoms with Crippen LogP contribution in [0.5, 0.6) is 0 Å². The van der Waals surface area contributed by atoms with Crippen LogP contribution in [0.15, 0.2) is 0 Å². The summed E-state index contributed by atoms with van der Waals surface area (Å²) < 4.78 is 10.1. The van der Waals surface area contributed by atoms with Gasteiger partial charge in [-0.2, -0.15) is 0 Å². The first kappa shape index (κ1) is 6.70. The molecule has 0 aliphatic heterocycles. The summed E-state index contributed by atoms with van der Waals surface area (Å²) in [5.41, 5.74) is -1.16. The number of hydrogen-bond donors (Lipinski definition) is 1. The van der Waals surface area contributed by atoms with E-state index in [1.807, 2.05) is 0 Å². The summed E-state index contributed by atoms with van der Waals surface area (Å²) in [6.07, 6.45) is 0.264. The van der Waals surface area contributed by atoms with Crippen LogP contribution < -0.4 is 0 Å². The monoisotopic (exact) mass is 122 g/mol. The van der Waals surface area contributed by atoms with Gasteiger partial charge in [-0.3, -0.25) is 0 Å². The molecule has 7 heavy (non-hydrogen) atoms. The van der Waals surface area contributed by atoms with E-state index in [2.05, 4.69) is 0 Å². The second kappa shape index (κ2) is 2.80. The first-order valence-electron chi connectivity index (χ1n) is 1.94. The van der Waals surface area contributed by atoms with Crippen molar-refractivity contribution in [3.63, 3.8) is 0 Å². The summed E-state index contributed by atoms with van der Waals surface area (Å²) in [6.45, 7) is 1.59. The van der Waals surface area contributed by atoms with Crippen LogP contribution >= 0.6 is 7.80 Å². The lowest BCUT2D eigenvalue weighted by Gasteiger charge is -1.83. The maximum absolute atomic E-state index is 10.1. The SMILES string of the molecule is CC[PH](=O)C(=O)O. The van der Waals surface area contributed by atoms with E-state index in [0.29, 0.717) is 0 Å². The molecule has 0 spiro atoms. The molecule has 0 aliphatic carbocycles. The molecule has 1 atom stereocenters. The highest BCUT2D eigenvalue weighted by atomic mass is 31.1. The average Bonchev–Trinajstić information content (AvgIpc) is 1.65. The van der Waals surface area contributed by atoms with Gasteiger partial charge < -0.3 is 9.67 Å². The molecule has 4 heteroatoms. The highest BCUT2D eigenvalue weighted by Crippen LogP contribution is 2.18. The quantitative estimate of drug-likeness (QED) is 0.560. The van der Waals surface area contributed by atoms with Crippen LogP contribution in [0.3, 0.4) is 0 Å². The van der Waals surface area contributed by atoms with Crippen molar-refractivity contribution in [1.29, 1.82) is 0 Å². The zero-order chi connectivity index (χ0) is 5.86. The minimum absolute atomic E-state index is 0.264. The van der Waals surface area contributed by atoms with Crippen LogP contribution in [0.1, 0.15) is 6.92 Å². The van der Waals surface area contributed by atoms with Crippen molar-refractivity contribution in [2.24, 2.45) is 0 Å². The summed E-state index contributed by atoms with van der Waals surface area (Å²) in [6, 6.07) is 0. The third kappa shape index (κ3) is 2.40. The van der Waals surface area contributed by atoms with Gasteiger partial charge in [-0.1, -0.05) is 6.92 Å². The van der Waals surface area contributed by atoms with Crippen LogP contribution in [-0.2, 0) is 4.57 Å². The molecule has 0 aromatic heterocycles. The minimum atomic E-state index is -2.28. The fraction of sp³-hybridized carbons (Fsp3) is 0.667. The molecule has 0 rings (SSSR count). The largest absolute Gasteiger partial charge is 0.476 e. The van der Waals surface area contributed by atoms with Gasteiger partial charge in [0.2, 0.25) is 0 Å². The van der Waals surface area contributed by atoms with E-state index in [1.54, 1.807) is 6.92 Å². The average molecular weight is 122 g/mol. The summed E-state index contributed by atoms with van der Waals surface area (Å²) in [4.78, 5) is 9.66. The molecule has 1 unspecified atom stereocenters. The Kier molecular flexibility index (Phi) is 2.68. The van der Waals surface area contributed by atoms with Gasteiger partial charge in [-0.25, -0.2) is 4.79 Å². The first-order chi connectivity index (χ1) is 3.18. The molecule has 0 aliphatic rings. The van der Waals surface area contributed by atoms with E-state index in [9.17, 15) is 9.36 Å². The molecular formula is C3H7O3P. The predicted octanol–water partition coefficient (Wildman–Crippen LogP) is 1.24. The fourth-order valence-corrected chi connectivity index (χ4v) is 0.454. The minimum Gasteiger partial charge on any atom is -0.476 e. The van der Waals surface area contributed by atoms with Crippen LogP contribution in [0.4, 0.5) is 4.79 Å². The second-order valence-corrected chi connectivity index (χ2v) is 3.06. The van der Waals surface area contributed by atoms with Crippen molar-refractivity contribution in [3.05, 3.63) is 0 Å². The Morgan fingerprint density at radius 3 is 2.29 bits per heavy atom. The lowest BCUT2D eigenvalue weighted by molar-refractivity contribution is 0.220. The zero-order valence-electron chi connectivity index (χ0n) is 3.97. The molecule has 42 valence electrons. The third-order valence-corrected chi connectivity index (χ3v) is 1.68. The van der Waals surface area contributed by atoms with E-state index in [0.717, 1.165) is 0 Å². The summed E-state index contributed by atoms with van der Waals surface area (Å²) in [7, 11) is -2.28. The van der Waals surface area contributed by atoms with Gasteiger partial charge in [0.05, 0.1) is 0 Å². The lowest BCUT2D eigenvalue weighted by Crippen LogP contribution is -1.82. The Balaban J connectivity index is 3.58. The van der Waals surface area contributed by atoms with Gasteiger partial charge >= 0.3 is 5.71 Å². The zero-order valence-corrected chi connectivity index (χ0v) is 4.97. The smallest absolute Gasteiger partial charge is 0.358 e. The highest BCUT2D eigenvalue weighted by molar-refractivity contribution is 7.62. The van der Waals surface area contributed by atoms with E-state index in [-0.39, 0.29) is 6.16 Å². The third-order valence-electron chi connectivity index (χ3n) is 0.560. The van der Waals surface area contributed by atoms with Crippen molar-refractivity contribution >= 4 is 13.5 Å². The summed E-state index contributed by atoms with van der Waals surface area (Å²) >= 11 is 0. The highest BCUT2D eigenvalue weighted by Gasteiger charge is 2.02. The lowest BCUT2D eigenvalue weighted by atomic mass is 11.0. The standard InChI is InChI=1S/C3H7O3P/c1-2-7(6)3(4)5/h7H,2H2,1H3,(H,4,5). The Bertz CT molecular complexity index is 98.4. The number of hydrogen-bond acceptors (Lipinski definition) is 2. The molecule has 0 aromatic rings. The van der Waals surface area contributed by atoms with E-state index in [1.165, 1.54) is 0 Å². The van der Waals surface area contributed by atoms with Gasteiger partial charge in [0.15, 0.2) is 7.80 Å². The first-order valence-corrected chi connectivity index (χ1v) is 3.56. The number of carboxylic acid groups (broad SMARTS) is 1. The Hall–Kier alpha value is -0.300. The van der Waals surface area contributed by atoms with Gasteiger partial charge in [0.25, 0.3) is 0 Å². The molecule has 1 N–H and O–H groups in total.